The Morgan fingerprint density at radius 3 is 2.64 bits per heavy atom. The number of aliphatic hydroxyl groups excluding tert-OH is 2. The van der Waals surface area contributed by atoms with E-state index in [0.717, 1.165) is 6.08 Å². The second-order valence-electron chi connectivity index (χ2n) is 8.54. The molecule has 1 amide bonds. The first kappa shape index (κ1) is 30.7. The average Bonchev–Trinajstić information content (AvgIpc) is 2.88. The van der Waals surface area contributed by atoms with Gasteiger partial charge in [-0.1, -0.05) is 6.92 Å². The number of phenols is 1. The summed E-state index contributed by atoms with van der Waals surface area (Å²) in [6, 6.07) is 3.51. The van der Waals surface area contributed by atoms with Gasteiger partial charge in [0.1, 0.15) is 18.0 Å². The fraction of sp³-hybridized carbons (Fsp3) is 0.417. The molecule has 1 aromatic rings. The number of benzene rings is 1. The van der Waals surface area contributed by atoms with Gasteiger partial charge >= 0.3 is 18.0 Å². The van der Waals surface area contributed by atoms with Crippen molar-refractivity contribution in [2.75, 3.05) is 25.5 Å². The molecule has 0 spiro atoms. The van der Waals surface area contributed by atoms with Crippen molar-refractivity contribution in [3.8, 4) is 5.75 Å². The first-order valence-electron chi connectivity index (χ1n) is 11.8. The van der Waals surface area contributed by atoms with E-state index in [1.807, 2.05) is 0 Å². The molecule has 0 saturated carbocycles. The zero-order valence-corrected chi connectivity index (χ0v) is 21.1. The minimum absolute atomic E-state index is 0.00571. The number of aliphatic imine (C=N–C) groups is 1. The van der Waals surface area contributed by atoms with Crippen molar-refractivity contribution in [1.82, 2.24) is 5.32 Å². The van der Waals surface area contributed by atoms with Gasteiger partial charge in [-0.15, -0.1) is 0 Å². The number of aromatic hydroxyl groups is 1. The summed E-state index contributed by atoms with van der Waals surface area (Å²) in [5.41, 5.74) is 17.2. The fourth-order valence-corrected chi connectivity index (χ4v) is 3.59. The molecule has 0 unspecified atom stereocenters. The number of carbonyl (C=O) groups excluding carboxylic acids is 2. The zero-order valence-electron chi connectivity index (χ0n) is 21.1. The lowest BCUT2D eigenvalue weighted by molar-refractivity contribution is -0.147. The molecule has 2 rings (SSSR count). The van der Waals surface area contributed by atoms with Crippen LogP contribution in [0.15, 0.2) is 41.1 Å². The summed E-state index contributed by atoms with van der Waals surface area (Å²) in [5, 5.41) is 41.3. The molecule has 1 aliphatic heterocycles. The number of nitrogen functional groups attached to an aromatic ring is 1. The Morgan fingerprint density at radius 1 is 1.28 bits per heavy atom. The molecule has 11 N–H and O–H groups in total. The third-order valence-electron chi connectivity index (χ3n) is 5.57. The molecule has 0 bridgehead atoms. The number of alkyl carbamates (subject to hydrolysis) is 1. The summed E-state index contributed by atoms with van der Waals surface area (Å²) in [6.07, 6.45) is -1.52. The number of nitrogens with one attached hydrogen (secondary N) is 1. The van der Waals surface area contributed by atoms with E-state index in [4.69, 9.17) is 31.4 Å². The number of phenolic OH excluding ortho intramolecular Hbond substituents is 1. The maximum Gasteiger partial charge on any atom is 0.407 e. The summed E-state index contributed by atoms with van der Waals surface area (Å²) >= 11 is 0. The third kappa shape index (κ3) is 9.39. The summed E-state index contributed by atoms with van der Waals surface area (Å²) in [5.74, 6) is -3.68. The largest absolute Gasteiger partial charge is 0.507 e. The number of anilines is 1. The molecule has 5 atom stereocenters. The topological polar surface area (TPSA) is 262 Å². The predicted molar refractivity (Wildman–Crippen MR) is 138 cm³/mol. The van der Waals surface area contributed by atoms with E-state index in [2.05, 4.69) is 10.3 Å². The molecular formula is C24H33N5O10. The van der Waals surface area contributed by atoms with Gasteiger partial charge in [0.05, 0.1) is 19.3 Å². The van der Waals surface area contributed by atoms with Crippen molar-refractivity contribution in [2.45, 2.75) is 37.7 Å². The monoisotopic (exact) mass is 551 g/mol. The van der Waals surface area contributed by atoms with E-state index in [0.29, 0.717) is 11.3 Å². The number of carboxylic acids is 1. The lowest BCUT2D eigenvalue weighted by atomic mass is 9.87. The number of aliphatic hydroxyl groups is 2. The number of amides is 1. The highest BCUT2D eigenvalue weighted by atomic mass is 16.6. The molecule has 1 aromatic carbocycles. The number of carbonyl (C=O) groups is 3. The van der Waals surface area contributed by atoms with Crippen molar-refractivity contribution in [3.05, 3.63) is 41.7 Å². The number of esters is 1. The van der Waals surface area contributed by atoms with Crippen LogP contribution in [0.1, 0.15) is 18.9 Å². The number of rotatable bonds is 12. The van der Waals surface area contributed by atoms with Crippen LogP contribution in [0, 0.1) is 5.92 Å². The van der Waals surface area contributed by atoms with E-state index in [-0.39, 0.29) is 31.3 Å². The van der Waals surface area contributed by atoms with E-state index in [1.54, 1.807) is 6.92 Å². The Balaban J connectivity index is 1.91. The van der Waals surface area contributed by atoms with Gasteiger partial charge in [-0.05, 0) is 36.8 Å². The SMILES string of the molecule is C[C@H]1[C@H]([C@H](OC(=O)NCCCOC(=O)/C=C/c2cc(N)ccc2O)[C@H](O)CO)OC(C(=O)O)=C[C@@H]1N=C(N)N. The molecule has 15 heteroatoms. The minimum atomic E-state index is -1.62. The van der Waals surface area contributed by atoms with Gasteiger partial charge in [-0.25, -0.2) is 19.4 Å². The lowest BCUT2D eigenvalue weighted by Crippen LogP contribution is -2.52. The molecular weight excluding hydrogens is 518 g/mol. The van der Waals surface area contributed by atoms with Crippen molar-refractivity contribution in [2.24, 2.45) is 22.4 Å². The zero-order chi connectivity index (χ0) is 29.1. The van der Waals surface area contributed by atoms with Crippen molar-refractivity contribution in [1.29, 1.82) is 0 Å². The Hall–Kier alpha value is -4.50. The highest BCUT2D eigenvalue weighted by Gasteiger charge is 2.43. The van der Waals surface area contributed by atoms with E-state index >= 15 is 0 Å². The number of hydrogen-bond donors (Lipinski definition) is 8. The number of hydrogen-bond acceptors (Lipinski definition) is 11. The Kier molecular flexibility index (Phi) is 11.4. The maximum atomic E-state index is 12.4. The molecule has 0 fully saturated rings. The van der Waals surface area contributed by atoms with Gasteiger partial charge in [0.15, 0.2) is 12.1 Å². The molecule has 39 heavy (non-hydrogen) atoms. The predicted octanol–water partition coefficient (Wildman–Crippen LogP) is -0.986. The fourth-order valence-electron chi connectivity index (χ4n) is 3.59. The van der Waals surface area contributed by atoms with Crippen molar-refractivity contribution in [3.63, 3.8) is 0 Å². The quantitative estimate of drug-likeness (QED) is 0.0295. The standard InChI is InChI=1S/C24H33N5O10/c1-12-15(29-23(26)27)10-18(22(34)35)38-20(12)21(17(32)11-30)39-24(36)28-7-2-8-37-19(33)6-3-13-9-14(25)4-5-16(13)31/h3-6,9-10,12,15,17,20-21,30-32H,2,7-8,11,25H2,1H3,(H,28,36)(H,34,35)(H4,26,27,29)/b6-3+/t12-,15+,17-,20-,21-/m1/s1. The van der Waals surface area contributed by atoms with Crippen LogP contribution < -0.4 is 22.5 Å². The van der Waals surface area contributed by atoms with Gasteiger partial charge < -0.3 is 57.2 Å². The molecule has 0 radical (unpaired) electrons. The number of aliphatic carboxylic acids is 1. The smallest absolute Gasteiger partial charge is 0.407 e. The molecule has 1 heterocycles. The first-order valence-corrected chi connectivity index (χ1v) is 11.8. The molecule has 0 saturated heterocycles. The van der Waals surface area contributed by atoms with Gasteiger partial charge in [-0.2, -0.15) is 0 Å². The van der Waals surface area contributed by atoms with Gasteiger partial charge in [-0.3, -0.25) is 0 Å². The average molecular weight is 552 g/mol. The Morgan fingerprint density at radius 2 is 2.00 bits per heavy atom. The van der Waals surface area contributed by atoms with Crippen LogP contribution >= 0.6 is 0 Å². The number of ether oxygens (including phenoxy) is 3. The molecule has 0 aliphatic carbocycles. The van der Waals surface area contributed by atoms with Crippen molar-refractivity contribution >= 4 is 35.8 Å². The highest BCUT2D eigenvalue weighted by Crippen LogP contribution is 2.30. The number of carboxylic acid groups (broad SMARTS) is 1. The molecule has 15 nitrogen and oxygen atoms in total. The van der Waals surface area contributed by atoms with Crippen LogP contribution in [0.2, 0.25) is 0 Å². The van der Waals surface area contributed by atoms with Crippen LogP contribution in [0.5, 0.6) is 5.75 Å². The number of guanidine groups is 1. The molecule has 0 aromatic heterocycles. The van der Waals surface area contributed by atoms with Crippen LogP contribution in [-0.4, -0.2) is 88.5 Å². The van der Waals surface area contributed by atoms with Crippen LogP contribution in [0.3, 0.4) is 0 Å². The van der Waals surface area contributed by atoms with Crippen LogP contribution in [0.25, 0.3) is 6.08 Å². The van der Waals surface area contributed by atoms with Gasteiger partial charge in [0.25, 0.3) is 0 Å². The Bertz CT molecular complexity index is 1120. The second-order valence-corrected chi connectivity index (χ2v) is 8.54. The van der Waals surface area contributed by atoms with E-state index in [9.17, 15) is 34.8 Å². The maximum absolute atomic E-state index is 12.4. The normalized spacial score (nSPS) is 20.2. The molecule has 1 aliphatic rings. The minimum Gasteiger partial charge on any atom is -0.507 e. The van der Waals surface area contributed by atoms with Crippen molar-refractivity contribution < 1.29 is 49.0 Å². The van der Waals surface area contributed by atoms with E-state index < -0.39 is 60.7 Å². The molecule has 214 valence electrons. The second kappa shape index (κ2) is 14.4. The van der Waals surface area contributed by atoms with Crippen LogP contribution in [-0.2, 0) is 23.8 Å². The van der Waals surface area contributed by atoms with E-state index in [1.165, 1.54) is 30.4 Å². The number of nitrogens with zero attached hydrogens (tertiary/aromatic N) is 1. The van der Waals surface area contributed by atoms with Gasteiger partial charge in [0.2, 0.25) is 5.76 Å². The summed E-state index contributed by atoms with van der Waals surface area (Å²) in [4.78, 5) is 39.7. The summed E-state index contributed by atoms with van der Waals surface area (Å²) in [6.45, 7) is 0.711. The summed E-state index contributed by atoms with van der Waals surface area (Å²) in [7, 11) is 0. The van der Waals surface area contributed by atoms with Crippen LogP contribution in [0.4, 0.5) is 10.5 Å². The Labute approximate surface area is 223 Å². The highest BCUT2D eigenvalue weighted by molar-refractivity contribution is 5.88. The third-order valence-corrected chi connectivity index (χ3v) is 5.57. The first-order chi connectivity index (χ1) is 18.4. The summed E-state index contributed by atoms with van der Waals surface area (Å²) < 4.78 is 15.7. The van der Waals surface area contributed by atoms with Gasteiger partial charge in [0, 0.05) is 29.8 Å². The lowest BCUT2D eigenvalue weighted by Gasteiger charge is -2.38. The number of nitrogens with two attached hydrogens (primary N) is 3.